The molecule has 0 bridgehead atoms. The summed E-state index contributed by atoms with van der Waals surface area (Å²) < 4.78 is 5.55. The van der Waals surface area contributed by atoms with E-state index >= 15 is 0 Å². The number of amides is 3. The van der Waals surface area contributed by atoms with Crippen LogP contribution in [0.1, 0.15) is 31.0 Å². The minimum atomic E-state index is -0.771. The number of carbonyl (C=O) groups excluding carboxylic acids is 2. The van der Waals surface area contributed by atoms with Gasteiger partial charge >= 0.3 is 6.03 Å². The Morgan fingerprint density at radius 3 is 2.45 bits per heavy atom. The van der Waals surface area contributed by atoms with E-state index in [2.05, 4.69) is 10.6 Å². The van der Waals surface area contributed by atoms with E-state index in [-0.39, 0.29) is 6.04 Å². The second kappa shape index (κ2) is 6.91. The molecule has 2 atom stereocenters. The minimum absolute atomic E-state index is 0.0586. The molecule has 110 valence electrons. The highest BCUT2D eigenvalue weighted by atomic mass is 16.5. The van der Waals surface area contributed by atoms with Crippen molar-refractivity contribution in [1.82, 2.24) is 10.6 Å². The van der Waals surface area contributed by atoms with Crippen molar-refractivity contribution >= 4 is 11.9 Å². The van der Waals surface area contributed by atoms with Crippen LogP contribution in [0.25, 0.3) is 0 Å². The molecule has 0 spiro atoms. The van der Waals surface area contributed by atoms with E-state index in [1.807, 2.05) is 26.0 Å². The second-order valence-electron chi connectivity index (χ2n) is 4.64. The van der Waals surface area contributed by atoms with E-state index in [1.54, 1.807) is 13.0 Å². The van der Waals surface area contributed by atoms with Crippen molar-refractivity contribution in [3.63, 3.8) is 0 Å². The van der Waals surface area contributed by atoms with Crippen LogP contribution in [-0.4, -0.2) is 25.1 Å². The Labute approximate surface area is 118 Å². The molecule has 0 aromatic heterocycles. The van der Waals surface area contributed by atoms with Crippen molar-refractivity contribution in [2.45, 2.75) is 32.9 Å². The molecular weight excluding hydrogens is 258 g/mol. The van der Waals surface area contributed by atoms with E-state index < -0.39 is 18.0 Å². The lowest BCUT2D eigenvalue weighted by atomic mass is 10.1. The molecule has 0 saturated carbocycles. The summed E-state index contributed by atoms with van der Waals surface area (Å²) in [4.78, 5) is 22.7. The Balaban J connectivity index is 2.73. The van der Waals surface area contributed by atoms with Gasteiger partial charge in [-0.25, -0.2) is 4.79 Å². The topological polar surface area (TPSA) is 93.5 Å². The number of benzene rings is 1. The van der Waals surface area contributed by atoms with E-state index in [0.29, 0.717) is 5.75 Å². The number of nitrogens with one attached hydrogen (secondary N) is 2. The molecular formula is C14H21N3O3. The molecule has 1 rings (SSSR count). The van der Waals surface area contributed by atoms with Crippen molar-refractivity contribution in [2.75, 3.05) is 7.05 Å². The molecule has 0 heterocycles. The van der Waals surface area contributed by atoms with Crippen LogP contribution in [-0.2, 0) is 4.79 Å². The molecule has 0 saturated heterocycles. The molecule has 0 aliphatic carbocycles. The van der Waals surface area contributed by atoms with E-state index in [0.717, 1.165) is 11.1 Å². The maximum Gasteiger partial charge on any atom is 0.321 e. The number of ether oxygens (including phenoxy) is 1. The minimum Gasteiger partial charge on any atom is -0.481 e. The average Bonchev–Trinajstić information content (AvgIpc) is 2.40. The average molecular weight is 279 g/mol. The van der Waals surface area contributed by atoms with Gasteiger partial charge in [-0.1, -0.05) is 12.1 Å². The molecule has 0 radical (unpaired) electrons. The number of rotatable bonds is 4. The first kappa shape index (κ1) is 16.0. The largest absolute Gasteiger partial charge is 0.481 e. The van der Waals surface area contributed by atoms with Crippen molar-refractivity contribution in [3.05, 3.63) is 29.3 Å². The normalized spacial score (nSPS) is 13.2. The molecule has 0 fully saturated rings. The fourth-order valence-corrected chi connectivity index (χ4v) is 1.61. The molecule has 2 unspecified atom stereocenters. The fourth-order valence-electron chi connectivity index (χ4n) is 1.61. The lowest BCUT2D eigenvalue weighted by Gasteiger charge is -2.17. The molecule has 4 N–H and O–H groups in total. The zero-order valence-corrected chi connectivity index (χ0v) is 12.2. The maximum atomic E-state index is 11.7. The number of aryl methyl sites for hydroxylation is 1. The summed E-state index contributed by atoms with van der Waals surface area (Å²) in [6.07, 6.45) is -0.771. The van der Waals surface area contributed by atoms with Crippen molar-refractivity contribution in [3.8, 4) is 5.75 Å². The van der Waals surface area contributed by atoms with Gasteiger partial charge in [0.2, 0.25) is 0 Å². The Bertz CT molecular complexity index is 500. The molecule has 0 aliphatic heterocycles. The summed E-state index contributed by atoms with van der Waals surface area (Å²) in [6, 6.07) is 4.93. The summed E-state index contributed by atoms with van der Waals surface area (Å²) in [5.74, 6) is 0.0916. The highest BCUT2D eigenvalue weighted by Crippen LogP contribution is 2.22. The van der Waals surface area contributed by atoms with Gasteiger partial charge in [0, 0.05) is 13.1 Å². The van der Waals surface area contributed by atoms with Gasteiger partial charge in [0.15, 0.2) is 6.10 Å². The van der Waals surface area contributed by atoms with Crippen LogP contribution in [0.4, 0.5) is 4.79 Å². The molecule has 3 amide bonds. The van der Waals surface area contributed by atoms with Crippen molar-refractivity contribution in [2.24, 2.45) is 5.73 Å². The maximum absolute atomic E-state index is 11.7. The zero-order chi connectivity index (χ0) is 15.3. The van der Waals surface area contributed by atoms with Gasteiger partial charge in [-0.3, -0.25) is 10.1 Å². The predicted octanol–water partition coefficient (Wildman–Crippen LogP) is 1.24. The first-order valence-corrected chi connectivity index (χ1v) is 6.40. The molecule has 20 heavy (non-hydrogen) atoms. The summed E-state index contributed by atoms with van der Waals surface area (Å²) in [5.41, 5.74) is 7.69. The van der Waals surface area contributed by atoms with Gasteiger partial charge in [-0.2, -0.15) is 0 Å². The zero-order valence-electron chi connectivity index (χ0n) is 12.2. The summed E-state index contributed by atoms with van der Waals surface area (Å²) >= 11 is 0. The lowest BCUT2D eigenvalue weighted by molar-refractivity contribution is -0.126. The Kier molecular flexibility index (Phi) is 5.52. The van der Waals surface area contributed by atoms with Gasteiger partial charge in [-0.15, -0.1) is 0 Å². The third-order valence-electron chi connectivity index (χ3n) is 2.86. The van der Waals surface area contributed by atoms with E-state index in [9.17, 15) is 9.59 Å². The van der Waals surface area contributed by atoms with Crippen molar-refractivity contribution in [1.29, 1.82) is 0 Å². The first-order chi connectivity index (χ1) is 9.35. The molecule has 6 nitrogen and oxygen atoms in total. The van der Waals surface area contributed by atoms with E-state index in [1.165, 1.54) is 7.05 Å². The van der Waals surface area contributed by atoms with E-state index in [4.69, 9.17) is 10.5 Å². The standard InChI is InChI=1S/C14H21N3O3/c1-8-7-11(9(2)15)5-6-12(8)20-10(3)13(18)17-14(19)16-4/h5-7,9-10H,15H2,1-4H3,(H2,16,17,18,19). The van der Waals surface area contributed by atoms with Gasteiger partial charge in [0.1, 0.15) is 5.75 Å². The van der Waals surface area contributed by atoms with Crippen LogP contribution in [0.15, 0.2) is 18.2 Å². The lowest BCUT2D eigenvalue weighted by Crippen LogP contribution is -2.44. The fraction of sp³-hybridized carbons (Fsp3) is 0.429. The highest BCUT2D eigenvalue weighted by Gasteiger charge is 2.17. The van der Waals surface area contributed by atoms with Crippen LogP contribution in [0.5, 0.6) is 5.75 Å². The highest BCUT2D eigenvalue weighted by molar-refractivity contribution is 5.96. The number of carbonyl (C=O) groups is 2. The number of hydrogen-bond acceptors (Lipinski definition) is 4. The Hall–Kier alpha value is -2.08. The predicted molar refractivity (Wildman–Crippen MR) is 76.5 cm³/mol. The quantitative estimate of drug-likeness (QED) is 0.773. The number of imide groups is 1. The summed E-state index contributed by atoms with van der Waals surface area (Å²) in [7, 11) is 1.44. The van der Waals surface area contributed by atoms with Gasteiger partial charge in [-0.05, 0) is 38.0 Å². The van der Waals surface area contributed by atoms with Crippen LogP contribution < -0.4 is 21.1 Å². The Morgan fingerprint density at radius 2 is 1.95 bits per heavy atom. The first-order valence-electron chi connectivity index (χ1n) is 6.40. The molecule has 1 aromatic carbocycles. The second-order valence-corrected chi connectivity index (χ2v) is 4.64. The molecule has 0 aliphatic rings. The third kappa shape index (κ3) is 4.24. The van der Waals surface area contributed by atoms with Gasteiger partial charge in [0.05, 0.1) is 0 Å². The van der Waals surface area contributed by atoms with Crippen LogP contribution in [0, 0.1) is 6.92 Å². The van der Waals surface area contributed by atoms with Crippen molar-refractivity contribution < 1.29 is 14.3 Å². The van der Waals surface area contributed by atoms with Crippen LogP contribution in [0.2, 0.25) is 0 Å². The number of hydrogen-bond donors (Lipinski definition) is 3. The van der Waals surface area contributed by atoms with Gasteiger partial charge in [0.25, 0.3) is 5.91 Å². The summed E-state index contributed by atoms with van der Waals surface area (Å²) in [5, 5.41) is 4.47. The molecule has 6 heteroatoms. The van der Waals surface area contributed by atoms with Crippen LogP contribution in [0.3, 0.4) is 0 Å². The number of nitrogens with two attached hydrogens (primary N) is 1. The Morgan fingerprint density at radius 1 is 1.30 bits per heavy atom. The smallest absolute Gasteiger partial charge is 0.321 e. The third-order valence-corrected chi connectivity index (χ3v) is 2.86. The monoisotopic (exact) mass is 279 g/mol. The van der Waals surface area contributed by atoms with Gasteiger partial charge < -0.3 is 15.8 Å². The molecule has 1 aromatic rings. The summed E-state index contributed by atoms with van der Waals surface area (Å²) in [6.45, 7) is 5.36. The number of urea groups is 1. The van der Waals surface area contributed by atoms with Crippen LogP contribution >= 0.6 is 0 Å². The SMILES string of the molecule is CNC(=O)NC(=O)C(C)Oc1ccc(C(C)N)cc1C.